The SMILES string of the molecule is CC(N)C1CCCCN1C(=O)CCCC[C@@H]1SC[C@@H]2NC(=O)N[C@@H]21.Cl. The van der Waals surface area contributed by atoms with Crippen LogP contribution in [0.2, 0.25) is 0 Å². The largest absolute Gasteiger partial charge is 0.338 e. The minimum atomic E-state index is -0.0301. The van der Waals surface area contributed by atoms with Crippen molar-refractivity contribution in [2.24, 2.45) is 5.73 Å². The van der Waals surface area contributed by atoms with E-state index < -0.39 is 0 Å². The highest BCUT2D eigenvalue weighted by Gasteiger charge is 2.42. The van der Waals surface area contributed by atoms with E-state index in [1.54, 1.807) is 0 Å². The van der Waals surface area contributed by atoms with Gasteiger partial charge >= 0.3 is 6.03 Å². The summed E-state index contributed by atoms with van der Waals surface area (Å²) in [5.74, 6) is 1.27. The first-order chi connectivity index (χ1) is 11.6. The molecule has 0 saturated carbocycles. The van der Waals surface area contributed by atoms with E-state index >= 15 is 0 Å². The second kappa shape index (κ2) is 9.33. The van der Waals surface area contributed by atoms with Gasteiger partial charge in [0.25, 0.3) is 0 Å². The molecule has 3 heterocycles. The molecule has 0 spiro atoms. The molecule has 3 amide bonds. The zero-order chi connectivity index (χ0) is 17.1. The molecule has 3 fully saturated rings. The number of nitrogens with zero attached hydrogens (tertiary/aromatic N) is 1. The Kier molecular flexibility index (Phi) is 7.70. The van der Waals surface area contributed by atoms with Gasteiger partial charge < -0.3 is 21.3 Å². The second-order valence-electron chi connectivity index (χ2n) is 7.38. The fourth-order valence-electron chi connectivity index (χ4n) is 4.22. The fraction of sp³-hybridized carbons (Fsp3) is 0.882. The lowest BCUT2D eigenvalue weighted by Crippen LogP contribution is -2.51. The zero-order valence-corrected chi connectivity index (χ0v) is 16.5. The van der Waals surface area contributed by atoms with Crippen LogP contribution >= 0.6 is 24.2 Å². The van der Waals surface area contributed by atoms with Gasteiger partial charge in [0.15, 0.2) is 0 Å². The van der Waals surface area contributed by atoms with E-state index in [1.807, 2.05) is 23.6 Å². The third kappa shape index (κ3) is 4.95. The number of piperidine rings is 1. The fourth-order valence-corrected chi connectivity index (χ4v) is 5.77. The lowest BCUT2D eigenvalue weighted by atomic mass is 9.96. The molecule has 2 unspecified atom stereocenters. The molecular formula is C17H31ClN4O2S. The van der Waals surface area contributed by atoms with Crippen LogP contribution in [0.1, 0.15) is 51.9 Å². The molecule has 3 aliphatic heterocycles. The minimum absolute atomic E-state index is 0. The van der Waals surface area contributed by atoms with Crippen molar-refractivity contribution >= 4 is 36.1 Å². The maximum absolute atomic E-state index is 12.5. The van der Waals surface area contributed by atoms with E-state index in [0.29, 0.717) is 11.7 Å². The Labute approximate surface area is 160 Å². The molecule has 0 aromatic carbocycles. The first kappa shape index (κ1) is 20.6. The van der Waals surface area contributed by atoms with Gasteiger partial charge in [-0.15, -0.1) is 12.4 Å². The second-order valence-corrected chi connectivity index (χ2v) is 8.65. The topological polar surface area (TPSA) is 87.5 Å². The summed E-state index contributed by atoms with van der Waals surface area (Å²) in [5.41, 5.74) is 6.06. The summed E-state index contributed by atoms with van der Waals surface area (Å²) in [6.07, 6.45) is 6.98. The summed E-state index contributed by atoms with van der Waals surface area (Å²) < 4.78 is 0. The summed E-state index contributed by atoms with van der Waals surface area (Å²) in [7, 11) is 0. The van der Waals surface area contributed by atoms with Gasteiger partial charge in [0.2, 0.25) is 5.91 Å². The number of carbonyl (C=O) groups excluding carboxylic acids is 2. The number of rotatable bonds is 6. The Morgan fingerprint density at radius 2 is 2.16 bits per heavy atom. The van der Waals surface area contributed by atoms with Gasteiger partial charge in [-0.1, -0.05) is 6.42 Å². The molecule has 3 aliphatic rings. The maximum Gasteiger partial charge on any atom is 0.315 e. The first-order valence-electron chi connectivity index (χ1n) is 9.30. The van der Waals surface area contributed by atoms with Gasteiger partial charge in [-0.05, 0) is 39.0 Å². The number of thioether (sulfide) groups is 1. The zero-order valence-electron chi connectivity index (χ0n) is 14.9. The molecule has 4 N–H and O–H groups in total. The molecule has 5 atom stereocenters. The van der Waals surface area contributed by atoms with Crippen molar-refractivity contribution in [1.29, 1.82) is 0 Å². The number of halogens is 1. The molecule has 0 bridgehead atoms. The molecule has 0 aromatic rings. The quantitative estimate of drug-likeness (QED) is 0.477. The van der Waals surface area contributed by atoms with Gasteiger partial charge in [-0.3, -0.25) is 4.79 Å². The third-order valence-electron chi connectivity index (χ3n) is 5.54. The highest BCUT2D eigenvalue weighted by molar-refractivity contribution is 8.00. The van der Waals surface area contributed by atoms with Crippen LogP contribution in [-0.2, 0) is 4.79 Å². The summed E-state index contributed by atoms with van der Waals surface area (Å²) >= 11 is 1.94. The minimum Gasteiger partial charge on any atom is -0.338 e. The van der Waals surface area contributed by atoms with Crippen molar-refractivity contribution in [3.8, 4) is 0 Å². The molecule has 144 valence electrons. The number of carbonyl (C=O) groups is 2. The molecule has 0 radical (unpaired) electrons. The normalized spacial score (nSPS) is 32.4. The molecule has 3 rings (SSSR count). The number of unbranched alkanes of at least 4 members (excludes halogenated alkanes) is 1. The Morgan fingerprint density at radius 1 is 1.36 bits per heavy atom. The highest BCUT2D eigenvalue weighted by atomic mass is 35.5. The molecule has 25 heavy (non-hydrogen) atoms. The van der Waals surface area contributed by atoms with Gasteiger partial charge in [0, 0.05) is 36.1 Å². The van der Waals surface area contributed by atoms with Crippen LogP contribution in [0.15, 0.2) is 0 Å². The number of hydrogen-bond donors (Lipinski definition) is 3. The summed E-state index contributed by atoms with van der Waals surface area (Å²) in [6.45, 7) is 2.87. The van der Waals surface area contributed by atoms with E-state index in [1.165, 1.54) is 6.42 Å². The molecular weight excluding hydrogens is 360 g/mol. The number of likely N-dealkylation sites (tertiary alicyclic amines) is 1. The van der Waals surface area contributed by atoms with Crippen LogP contribution in [0.5, 0.6) is 0 Å². The van der Waals surface area contributed by atoms with E-state index in [9.17, 15) is 9.59 Å². The average Bonchev–Trinajstić information content (AvgIpc) is 3.11. The van der Waals surface area contributed by atoms with Crippen LogP contribution in [0, 0.1) is 0 Å². The lowest BCUT2D eigenvalue weighted by Gasteiger charge is -2.38. The standard InChI is InChI=1S/C17H30N4O2S.ClH/c1-11(18)13-6-4-5-9-21(13)15(22)8-3-2-7-14-16-12(10-24-14)19-17(23)20-16;/h11-14,16H,2-10,18H2,1H3,(H2,19,20,23);1H/t11?,12-,13?,14-,16-;/m0./s1. The van der Waals surface area contributed by atoms with Crippen molar-refractivity contribution in [2.75, 3.05) is 12.3 Å². The van der Waals surface area contributed by atoms with Crippen LogP contribution in [0.3, 0.4) is 0 Å². The maximum atomic E-state index is 12.5. The van der Waals surface area contributed by atoms with Gasteiger partial charge in [0.1, 0.15) is 0 Å². The van der Waals surface area contributed by atoms with Crippen LogP contribution < -0.4 is 16.4 Å². The van der Waals surface area contributed by atoms with Crippen LogP contribution in [0.4, 0.5) is 4.79 Å². The number of urea groups is 1. The van der Waals surface area contributed by atoms with E-state index in [0.717, 1.165) is 44.4 Å². The number of fused-ring (bicyclic) bond motifs is 1. The van der Waals surface area contributed by atoms with E-state index in [-0.39, 0.29) is 48.5 Å². The first-order valence-corrected chi connectivity index (χ1v) is 10.3. The third-order valence-corrected chi connectivity index (χ3v) is 7.05. The van der Waals surface area contributed by atoms with Crippen molar-refractivity contribution in [1.82, 2.24) is 15.5 Å². The van der Waals surface area contributed by atoms with Gasteiger partial charge in [-0.2, -0.15) is 11.8 Å². The Balaban J connectivity index is 0.00000225. The van der Waals surface area contributed by atoms with Crippen molar-refractivity contribution in [2.45, 2.75) is 81.3 Å². The van der Waals surface area contributed by atoms with E-state index in [2.05, 4.69) is 10.6 Å². The van der Waals surface area contributed by atoms with Crippen molar-refractivity contribution in [3.63, 3.8) is 0 Å². The monoisotopic (exact) mass is 390 g/mol. The highest BCUT2D eigenvalue weighted by Crippen LogP contribution is 2.33. The number of nitrogens with two attached hydrogens (primary N) is 1. The van der Waals surface area contributed by atoms with Crippen molar-refractivity contribution in [3.05, 3.63) is 0 Å². The van der Waals surface area contributed by atoms with Gasteiger partial charge in [-0.25, -0.2) is 4.79 Å². The predicted molar refractivity (Wildman–Crippen MR) is 104 cm³/mol. The Hall–Kier alpha value is -0.660. The summed E-state index contributed by atoms with van der Waals surface area (Å²) in [4.78, 5) is 25.9. The van der Waals surface area contributed by atoms with Crippen LogP contribution in [0.25, 0.3) is 0 Å². The lowest BCUT2D eigenvalue weighted by molar-refractivity contribution is -0.135. The van der Waals surface area contributed by atoms with Crippen molar-refractivity contribution < 1.29 is 9.59 Å². The molecule has 8 heteroatoms. The number of nitrogens with one attached hydrogen (secondary N) is 2. The molecule has 0 aliphatic carbocycles. The predicted octanol–water partition coefficient (Wildman–Crippen LogP) is 1.86. The molecule has 3 saturated heterocycles. The smallest absolute Gasteiger partial charge is 0.315 e. The van der Waals surface area contributed by atoms with Crippen LogP contribution in [-0.4, -0.2) is 58.6 Å². The molecule has 6 nitrogen and oxygen atoms in total. The number of amides is 3. The Morgan fingerprint density at radius 3 is 2.92 bits per heavy atom. The Bertz CT molecular complexity index is 480. The number of hydrogen-bond acceptors (Lipinski definition) is 4. The summed E-state index contributed by atoms with van der Waals surface area (Å²) in [5, 5.41) is 6.48. The van der Waals surface area contributed by atoms with Gasteiger partial charge in [0.05, 0.1) is 12.1 Å². The average molecular weight is 391 g/mol. The summed E-state index contributed by atoms with van der Waals surface area (Å²) in [6, 6.07) is 0.797. The molecule has 0 aromatic heterocycles. The van der Waals surface area contributed by atoms with E-state index in [4.69, 9.17) is 5.73 Å².